The third-order valence-corrected chi connectivity index (χ3v) is 5.87. The molecule has 4 nitrogen and oxygen atoms in total. The molecule has 0 bridgehead atoms. The largest absolute Gasteiger partial charge is 0.312 e. The van der Waals surface area contributed by atoms with E-state index >= 15 is 0 Å². The van der Waals surface area contributed by atoms with Gasteiger partial charge in [0.25, 0.3) is 0 Å². The van der Waals surface area contributed by atoms with Crippen LogP contribution >= 0.6 is 0 Å². The quantitative estimate of drug-likeness (QED) is 0.551. The molecule has 0 aromatic carbocycles. The molecule has 2 aliphatic carbocycles. The van der Waals surface area contributed by atoms with E-state index < -0.39 is 0 Å². The van der Waals surface area contributed by atoms with Gasteiger partial charge in [-0.3, -0.25) is 0 Å². The maximum atomic E-state index is 3.83. The zero-order chi connectivity index (χ0) is 15.0. The third-order valence-electron chi connectivity index (χ3n) is 5.87. The van der Waals surface area contributed by atoms with Gasteiger partial charge in [0.05, 0.1) is 0 Å². The van der Waals surface area contributed by atoms with Crippen LogP contribution in [-0.2, 0) is 0 Å². The summed E-state index contributed by atoms with van der Waals surface area (Å²) in [6.07, 6.45) is 13.5. The van der Waals surface area contributed by atoms with Crippen molar-refractivity contribution in [2.75, 3.05) is 26.2 Å². The van der Waals surface area contributed by atoms with Crippen LogP contribution in [0.15, 0.2) is 0 Å². The SMILES string of the molecule is C1CN[C@H]2CCCC[C@H]2NCCCN[C@H]2CCCC[C@H]2NC1. The van der Waals surface area contributed by atoms with E-state index in [2.05, 4.69) is 21.3 Å². The van der Waals surface area contributed by atoms with Crippen molar-refractivity contribution in [2.24, 2.45) is 0 Å². The molecule has 1 aliphatic heterocycles. The van der Waals surface area contributed by atoms with Crippen LogP contribution < -0.4 is 21.3 Å². The highest BCUT2D eigenvalue weighted by Gasteiger charge is 2.26. The molecule has 128 valence electrons. The molecular formula is C18H36N4. The molecule has 3 fully saturated rings. The van der Waals surface area contributed by atoms with Crippen LogP contribution in [0.1, 0.15) is 64.2 Å². The lowest BCUT2D eigenvalue weighted by Gasteiger charge is -2.35. The Labute approximate surface area is 136 Å². The summed E-state index contributed by atoms with van der Waals surface area (Å²) < 4.78 is 0. The molecule has 1 saturated heterocycles. The average Bonchev–Trinajstić information content (AvgIpc) is 2.56. The summed E-state index contributed by atoms with van der Waals surface area (Å²) in [7, 11) is 0. The van der Waals surface area contributed by atoms with Crippen molar-refractivity contribution in [3.8, 4) is 0 Å². The van der Waals surface area contributed by atoms with Crippen LogP contribution in [0.3, 0.4) is 0 Å². The van der Waals surface area contributed by atoms with Crippen molar-refractivity contribution < 1.29 is 0 Å². The predicted octanol–water partition coefficient (Wildman–Crippen LogP) is 1.76. The molecular weight excluding hydrogens is 272 g/mol. The normalized spacial score (nSPS) is 39.3. The Balaban J connectivity index is 1.50. The summed E-state index contributed by atoms with van der Waals surface area (Å²) in [5.74, 6) is 0. The summed E-state index contributed by atoms with van der Waals surface area (Å²) in [5.41, 5.74) is 0. The molecule has 22 heavy (non-hydrogen) atoms. The third kappa shape index (κ3) is 4.92. The van der Waals surface area contributed by atoms with Gasteiger partial charge in [0.2, 0.25) is 0 Å². The van der Waals surface area contributed by atoms with Gasteiger partial charge in [0.15, 0.2) is 0 Å². The zero-order valence-corrected chi connectivity index (χ0v) is 14.2. The fourth-order valence-electron chi connectivity index (χ4n) is 4.57. The molecule has 2 saturated carbocycles. The highest BCUT2D eigenvalue weighted by Crippen LogP contribution is 2.20. The number of hydrogen-bond donors (Lipinski definition) is 4. The van der Waals surface area contributed by atoms with Gasteiger partial charge in [-0.15, -0.1) is 0 Å². The standard InChI is InChI=1S/C18H36N4/c1-2-8-16-15(7-1)19-11-5-13-21-17-9-3-4-10-18(17)22-14-6-12-20-16/h15-22H,1-14H2/t15-,16+,17+,18-. The molecule has 0 amide bonds. The summed E-state index contributed by atoms with van der Waals surface area (Å²) in [6.45, 7) is 4.67. The minimum Gasteiger partial charge on any atom is -0.312 e. The van der Waals surface area contributed by atoms with E-state index in [4.69, 9.17) is 0 Å². The molecule has 0 aromatic heterocycles. The van der Waals surface area contributed by atoms with Crippen LogP contribution in [0.5, 0.6) is 0 Å². The van der Waals surface area contributed by atoms with Gasteiger partial charge in [-0.1, -0.05) is 25.7 Å². The van der Waals surface area contributed by atoms with E-state index in [0.717, 1.165) is 0 Å². The van der Waals surface area contributed by atoms with Crippen LogP contribution in [0.4, 0.5) is 0 Å². The Hall–Kier alpha value is -0.160. The molecule has 3 rings (SSSR count). The Bertz CT molecular complexity index is 251. The summed E-state index contributed by atoms with van der Waals surface area (Å²) >= 11 is 0. The van der Waals surface area contributed by atoms with Crippen LogP contribution in [-0.4, -0.2) is 50.3 Å². The van der Waals surface area contributed by atoms with Crippen LogP contribution in [0.2, 0.25) is 0 Å². The highest BCUT2D eigenvalue weighted by atomic mass is 15.1. The number of hydrogen-bond acceptors (Lipinski definition) is 4. The number of nitrogens with one attached hydrogen (secondary N) is 4. The van der Waals surface area contributed by atoms with Crippen molar-refractivity contribution >= 4 is 0 Å². The van der Waals surface area contributed by atoms with Gasteiger partial charge in [-0.05, 0) is 64.7 Å². The second-order valence-electron chi connectivity index (χ2n) is 7.52. The van der Waals surface area contributed by atoms with Gasteiger partial charge in [-0.25, -0.2) is 0 Å². The first-order valence-electron chi connectivity index (χ1n) is 9.87. The van der Waals surface area contributed by atoms with Gasteiger partial charge >= 0.3 is 0 Å². The smallest absolute Gasteiger partial charge is 0.0221 e. The first kappa shape index (κ1) is 16.7. The first-order chi connectivity index (χ1) is 10.9. The first-order valence-corrected chi connectivity index (χ1v) is 9.87. The Kier molecular flexibility index (Phi) is 6.99. The van der Waals surface area contributed by atoms with Crippen LogP contribution in [0, 0.1) is 0 Å². The van der Waals surface area contributed by atoms with Crippen molar-refractivity contribution in [1.82, 2.24) is 21.3 Å². The van der Waals surface area contributed by atoms with E-state index in [9.17, 15) is 0 Å². The molecule has 4 atom stereocenters. The van der Waals surface area contributed by atoms with Crippen molar-refractivity contribution in [3.05, 3.63) is 0 Å². The maximum absolute atomic E-state index is 3.83. The molecule has 0 radical (unpaired) electrons. The molecule has 4 heteroatoms. The lowest BCUT2D eigenvalue weighted by molar-refractivity contribution is 0.261. The predicted molar refractivity (Wildman–Crippen MR) is 93.3 cm³/mol. The van der Waals surface area contributed by atoms with Crippen LogP contribution in [0.25, 0.3) is 0 Å². The molecule has 0 aromatic rings. The van der Waals surface area contributed by atoms with Gasteiger partial charge in [0, 0.05) is 24.2 Å². The second kappa shape index (κ2) is 9.21. The van der Waals surface area contributed by atoms with Gasteiger partial charge in [-0.2, -0.15) is 0 Å². The Morgan fingerprint density at radius 3 is 0.909 bits per heavy atom. The summed E-state index contributed by atoms with van der Waals surface area (Å²) in [4.78, 5) is 0. The Morgan fingerprint density at radius 2 is 0.636 bits per heavy atom. The molecule has 4 N–H and O–H groups in total. The topological polar surface area (TPSA) is 48.1 Å². The van der Waals surface area contributed by atoms with E-state index in [1.54, 1.807) is 0 Å². The number of rotatable bonds is 0. The fourth-order valence-corrected chi connectivity index (χ4v) is 4.57. The van der Waals surface area contributed by atoms with E-state index in [-0.39, 0.29) is 0 Å². The maximum Gasteiger partial charge on any atom is 0.0221 e. The highest BCUT2D eigenvalue weighted by molar-refractivity contribution is 4.88. The minimum absolute atomic E-state index is 0.701. The summed E-state index contributed by atoms with van der Waals surface area (Å²) in [5, 5.41) is 15.3. The fraction of sp³-hybridized carbons (Fsp3) is 1.00. The molecule has 0 unspecified atom stereocenters. The average molecular weight is 309 g/mol. The molecule has 0 spiro atoms. The van der Waals surface area contributed by atoms with Crippen molar-refractivity contribution in [2.45, 2.75) is 88.4 Å². The molecule has 1 heterocycles. The van der Waals surface area contributed by atoms with Gasteiger partial charge < -0.3 is 21.3 Å². The van der Waals surface area contributed by atoms with E-state index in [1.807, 2.05) is 0 Å². The van der Waals surface area contributed by atoms with E-state index in [0.29, 0.717) is 24.2 Å². The number of fused-ring (bicyclic) bond motifs is 2. The minimum atomic E-state index is 0.701. The lowest BCUT2D eigenvalue weighted by atomic mass is 9.89. The Morgan fingerprint density at radius 1 is 0.364 bits per heavy atom. The monoisotopic (exact) mass is 308 g/mol. The second-order valence-corrected chi connectivity index (χ2v) is 7.52. The van der Waals surface area contributed by atoms with Crippen molar-refractivity contribution in [3.63, 3.8) is 0 Å². The summed E-state index contributed by atoms with van der Waals surface area (Å²) in [6, 6.07) is 2.80. The van der Waals surface area contributed by atoms with E-state index in [1.165, 1.54) is 90.4 Å². The lowest BCUT2D eigenvalue weighted by Crippen LogP contribution is -2.53. The molecule has 3 aliphatic rings. The van der Waals surface area contributed by atoms with Gasteiger partial charge in [0.1, 0.15) is 0 Å². The van der Waals surface area contributed by atoms with Crippen molar-refractivity contribution in [1.29, 1.82) is 0 Å². The zero-order valence-electron chi connectivity index (χ0n) is 14.2.